The summed E-state index contributed by atoms with van der Waals surface area (Å²) in [5, 5.41) is 21.5. The standard InChI is InChI=1S/C11H12N4O4/c1-11(4-5-18-6-11)12-7-2-3-8(15(16)17)10-9(7)13-19-14-10/h2-3,12H,4-6H2,1H3. The maximum Gasteiger partial charge on any atom is 0.300 e. The maximum absolute atomic E-state index is 10.9. The van der Waals surface area contributed by atoms with Crippen LogP contribution < -0.4 is 5.32 Å². The third kappa shape index (κ3) is 1.99. The first-order valence-electron chi connectivity index (χ1n) is 5.85. The van der Waals surface area contributed by atoms with Gasteiger partial charge in [0, 0.05) is 12.7 Å². The molecule has 100 valence electrons. The molecule has 0 amide bonds. The summed E-state index contributed by atoms with van der Waals surface area (Å²) in [5.41, 5.74) is 0.853. The van der Waals surface area contributed by atoms with E-state index in [1.54, 1.807) is 6.07 Å². The minimum Gasteiger partial charge on any atom is -0.379 e. The Kier molecular flexibility index (Phi) is 2.59. The van der Waals surface area contributed by atoms with Crippen molar-refractivity contribution < 1.29 is 14.3 Å². The molecule has 8 nitrogen and oxygen atoms in total. The molecule has 0 radical (unpaired) electrons. The molecular weight excluding hydrogens is 252 g/mol. The molecule has 19 heavy (non-hydrogen) atoms. The second kappa shape index (κ2) is 4.16. The number of non-ortho nitro benzene ring substituents is 1. The Morgan fingerprint density at radius 1 is 1.42 bits per heavy atom. The second-order valence-corrected chi connectivity index (χ2v) is 4.84. The SMILES string of the molecule is CC1(Nc2ccc([N+](=O)[O-])c3nonc23)CCOC1. The molecule has 1 aliphatic rings. The van der Waals surface area contributed by atoms with Crippen LogP contribution in [0.4, 0.5) is 11.4 Å². The van der Waals surface area contributed by atoms with Gasteiger partial charge in [0.15, 0.2) is 5.52 Å². The highest BCUT2D eigenvalue weighted by Gasteiger charge is 2.31. The van der Waals surface area contributed by atoms with Crippen molar-refractivity contribution in [2.45, 2.75) is 18.9 Å². The first-order chi connectivity index (χ1) is 9.09. The smallest absolute Gasteiger partial charge is 0.300 e. The van der Waals surface area contributed by atoms with Gasteiger partial charge in [-0.2, -0.15) is 0 Å². The summed E-state index contributed by atoms with van der Waals surface area (Å²) in [6.07, 6.45) is 0.858. The zero-order valence-corrected chi connectivity index (χ0v) is 10.3. The predicted molar refractivity (Wildman–Crippen MR) is 65.9 cm³/mol. The molecule has 1 N–H and O–H groups in total. The Morgan fingerprint density at radius 3 is 2.89 bits per heavy atom. The van der Waals surface area contributed by atoms with Gasteiger partial charge >= 0.3 is 5.69 Å². The van der Waals surface area contributed by atoms with Crippen molar-refractivity contribution in [1.29, 1.82) is 0 Å². The van der Waals surface area contributed by atoms with Gasteiger partial charge in [0.1, 0.15) is 0 Å². The third-order valence-electron chi connectivity index (χ3n) is 3.25. The minimum atomic E-state index is -0.503. The van der Waals surface area contributed by atoms with E-state index in [1.807, 2.05) is 6.92 Å². The number of fused-ring (bicyclic) bond motifs is 1. The van der Waals surface area contributed by atoms with Crippen molar-refractivity contribution >= 4 is 22.4 Å². The minimum absolute atomic E-state index is 0.116. The van der Waals surface area contributed by atoms with Crippen LogP contribution in [0.5, 0.6) is 0 Å². The largest absolute Gasteiger partial charge is 0.379 e. The van der Waals surface area contributed by atoms with Crippen LogP contribution in [-0.4, -0.2) is 34.0 Å². The van der Waals surface area contributed by atoms with Crippen LogP contribution >= 0.6 is 0 Å². The number of nitrogens with one attached hydrogen (secondary N) is 1. The average Bonchev–Trinajstić information content (AvgIpc) is 2.98. The molecule has 1 aliphatic heterocycles. The number of ether oxygens (including phenoxy) is 1. The highest BCUT2D eigenvalue weighted by Crippen LogP contribution is 2.32. The highest BCUT2D eigenvalue weighted by molar-refractivity contribution is 5.93. The summed E-state index contributed by atoms with van der Waals surface area (Å²) in [6.45, 7) is 3.30. The number of nitro groups is 1. The molecule has 0 spiro atoms. The molecule has 2 heterocycles. The van der Waals surface area contributed by atoms with Crippen LogP contribution in [0.15, 0.2) is 16.8 Å². The van der Waals surface area contributed by atoms with Crippen molar-refractivity contribution in [2.24, 2.45) is 0 Å². The predicted octanol–water partition coefficient (Wildman–Crippen LogP) is 1.72. The molecule has 1 aromatic carbocycles. The highest BCUT2D eigenvalue weighted by atomic mass is 16.6. The van der Waals surface area contributed by atoms with E-state index in [4.69, 9.17) is 4.74 Å². The van der Waals surface area contributed by atoms with Crippen LogP contribution in [0.3, 0.4) is 0 Å². The quantitative estimate of drug-likeness (QED) is 0.664. The summed E-state index contributed by atoms with van der Waals surface area (Å²) in [6, 6.07) is 3.02. The summed E-state index contributed by atoms with van der Waals surface area (Å²) in [4.78, 5) is 10.4. The summed E-state index contributed by atoms with van der Waals surface area (Å²) >= 11 is 0. The maximum atomic E-state index is 10.9. The van der Waals surface area contributed by atoms with Crippen molar-refractivity contribution in [1.82, 2.24) is 10.3 Å². The van der Waals surface area contributed by atoms with Crippen LogP contribution in [0.25, 0.3) is 11.0 Å². The van der Waals surface area contributed by atoms with Gasteiger partial charge < -0.3 is 10.1 Å². The van der Waals surface area contributed by atoms with Gasteiger partial charge in [-0.25, -0.2) is 4.63 Å². The fourth-order valence-electron chi connectivity index (χ4n) is 2.19. The first kappa shape index (κ1) is 11.8. The average molecular weight is 264 g/mol. The zero-order valence-electron chi connectivity index (χ0n) is 10.3. The number of rotatable bonds is 3. The van der Waals surface area contributed by atoms with E-state index < -0.39 is 4.92 Å². The lowest BCUT2D eigenvalue weighted by Gasteiger charge is -2.24. The number of hydrogen-bond donors (Lipinski definition) is 1. The third-order valence-corrected chi connectivity index (χ3v) is 3.25. The van der Waals surface area contributed by atoms with E-state index in [9.17, 15) is 10.1 Å². The molecule has 1 atom stereocenters. The normalized spacial score (nSPS) is 22.8. The molecular formula is C11H12N4O4. The fraction of sp³-hybridized carbons (Fsp3) is 0.455. The molecule has 8 heteroatoms. The van der Waals surface area contributed by atoms with Gasteiger partial charge in [0.05, 0.1) is 22.8 Å². The van der Waals surface area contributed by atoms with E-state index >= 15 is 0 Å². The van der Waals surface area contributed by atoms with Gasteiger partial charge in [-0.1, -0.05) is 0 Å². The van der Waals surface area contributed by atoms with Crippen molar-refractivity contribution in [3.63, 3.8) is 0 Å². The van der Waals surface area contributed by atoms with Crippen LogP contribution in [0, 0.1) is 10.1 Å². The zero-order chi connectivity index (χ0) is 13.5. The van der Waals surface area contributed by atoms with E-state index in [0.29, 0.717) is 24.4 Å². The Bertz CT molecular complexity index is 633. The lowest BCUT2D eigenvalue weighted by atomic mass is 10.0. The van der Waals surface area contributed by atoms with Gasteiger partial charge in [0.2, 0.25) is 5.52 Å². The lowest BCUT2D eigenvalue weighted by Crippen LogP contribution is -2.35. The molecule has 2 aromatic rings. The number of nitro benzene ring substituents is 1. The van der Waals surface area contributed by atoms with Gasteiger partial charge in [-0.15, -0.1) is 0 Å². The Labute approximate surface area is 107 Å². The van der Waals surface area contributed by atoms with Crippen molar-refractivity contribution in [3.8, 4) is 0 Å². The summed E-state index contributed by atoms with van der Waals surface area (Å²) < 4.78 is 9.98. The number of nitrogens with zero attached hydrogens (tertiary/aromatic N) is 3. The first-order valence-corrected chi connectivity index (χ1v) is 5.85. The lowest BCUT2D eigenvalue weighted by molar-refractivity contribution is -0.383. The molecule has 1 saturated heterocycles. The monoisotopic (exact) mass is 264 g/mol. The number of anilines is 1. The van der Waals surface area contributed by atoms with Crippen LogP contribution in [-0.2, 0) is 4.74 Å². The molecule has 1 unspecified atom stereocenters. The van der Waals surface area contributed by atoms with Crippen molar-refractivity contribution in [3.05, 3.63) is 22.2 Å². The number of hydrogen-bond acceptors (Lipinski definition) is 7. The Balaban J connectivity index is 2.03. The van der Waals surface area contributed by atoms with Gasteiger partial charge in [0.25, 0.3) is 0 Å². The Morgan fingerprint density at radius 2 is 2.21 bits per heavy atom. The van der Waals surface area contributed by atoms with Crippen molar-refractivity contribution in [2.75, 3.05) is 18.5 Å². The molecule has 0 saturated carbocycles. The molecule has 3 rings (SSSR count). The van der Waals surface area contributed by atoms with Gasteiger partial charge in [-0.3, -0.25) is 10.1 Å². The molecule has 0 bridgehead atoms. The van der Waals surface area contributed by atoms with Crippen LogP contribution in [0.1, 0.15) is 13.3 Å². The molecule has 1 fully saturated rings. The number of benzene rings is 1. The fourth-order valence-corrected chi connectivity index (χ4v) is 2.19. The van der Waals surface area contributed by atoms with E-state index in [0.717, 1.165) is 6.42 Å². The summed E-state index contributed by atoms with van der Waals surface area (Å²) in [5.74, 6) is 0. The summed E-state index contributed by atoms with van der Waals surface area (Å²) in [7, 11) is 0. The van der Waals surface area contributed by atoms with E-state index in [2.05, 4.69) is 20.3 Å². The van der Waals surface area contributed by atoms with E-state index in [1.165, 1.54) is 6.07 Å². The van der Waals surface area contributed by atoms with E-state index in [-0.39, 0.29) is 16.7 Å². The van der Waals surface area contributed by atoms with Crippen LogP contribution in [0.2, 0.25) is 0 Å². The number of aromatic nitrogens is 2. The second-order valence-electron chi connectivity index (χ2n) is 4.84. The molecule has 0 aliphatic carbocycles. The van der Waals surface area contributed by atoms with Gasteiger partial charge in [-0.05, 0) is 29.7 Å². The topological polar surface area (TPSA) is 103 Å². The molecule has 1 aromatic heterocycles. The Hall–Kier alpha value is -2.22.